The molecule has 1 aliphatic rings. The van der Waals surface area contributed by atoms with E-state index in [1.165, 1.54) is 0 Å². The van der Waals surface area contributed by atoms with Crippen molar-refractivity contribution in [2.24, 2.45) is 0 Å². The van der Waals surface area contributed by atoms with Gasteiger partial charge in [-0.05, 0) is 41.5 Å². The Bertz CT molecular complexity index is 179. The van der Waals surface area contributed by atoms with Crippen LogP contribution in [0.15, 0.2) is 21.1 Å². The maximum absolute atomic E-state index is 12.7. The molecule has 0 aromatic rings. The molecule has 0 nitrogen and oxygen atoms in total. The van der Waals surface area contributed by atoms with Crippen molar-refractivity contribution in [3.05, 3.63) is 21.1 Å². The summed E-state index contributed by atoms with van der Waals surface area (Å²) in [5, 5.41) is 0. The van der Waals surface area contributed by atoms with Crippen molar-refractivity contribution in [3.8, 4) is 0 Å². The van der Waals surface area contributed by atoms with Gasteiger partial charge in [0.15, 0.2) is 0 Å². The molecule has 1 aliphatic carbocycles. The minimum absolute atomic E-state index is 0.0573. The van der Waals surface area contributed by atoms with E-state index in [0.29, 0.717) is 6.42 Å². The van der Waals surface area contributed by atoms with E-state index in [4.69, 9.17) is 0 Å². The Kier molecular flexibility index (Phi) is 2.27. The zero-order chi connectivity index (χ0) is 6.85. The Labute approximate surface area is 68.0 Å². The first-order valence-corrected chi connectivity index (χ1v) is 4.01. The molecule has 0 spiro atoms. The Hall–Kier alpha value is 0.140. The summed E-state index contributed by atoms with van der Waals surface area (Å²) in [6.07, 6.45) is 3.53. The van der Waals surface area contributed by atoms with Gasteiger partial charge in [0.05, 0.1) is 0 Å². The third kappa shape index (κ3) is 1.53. The monoisotopic (exact) mass is 238 g/mol. The lowest BCUT2D eigenvalue weighted by Crippen LogP contribution is -1.89. The number of allylic oxidation sites excluding steroid dienone is 4. The lowest BCUT2D eigenvalue weighted by molar-refractivity contribution is 0.577. The molecule has 0 aromatic carbocycles. The molecule has 0 saturated carbocycles. The molecule has 9 heavy (non-hydrogen) atoms. The molecular weight excluding hydrogens is 230 g/mol. The van der Waals surface area contributed by atoms with Crippen LogP contribution in [-0.2, 0) is 0 Å². The third-order valence-corrected chi connectivity index (χ3v) is 2.70. The van der Waals surface area contributed by atoms with Gasteiger partial charge in [0.25, 0.3) is 0 Å². The Balaban J connectivity index is 2.88. The van der Waals surface area contributed by atoms with Crippen molar-refractivity contribution < 1.29 is 4.39 Å². The fraction of sp³-hybridized carbons (Fsp3) is 0.429. The molecule has 0 atom stereocenters. The quantitative estimate of drug-likeness (QED) is 0.567. The molecule has 0 fully saturated rings. The van der Waals surface area contributed by atoms with E-state index in [0.717, 1.165) is 15.6 Å². The fourth-order valence-electron chi connectivity index (χ4n) is 0.796. The minimum atomic E-state index is 0.0573. The van der Waals surface area contributed by atoms with Gasteiger partial charge in [-0.25, -0.2) is 4.39 Å². The van der Waals surface area contributed by atoms with Gasteiger partial charge in [-0.2, -0.15) is 0 Å². The largest absolute Gasteiger partial charge is 0.211 e. The number of halogens is 2. The third-order valence-electron chi connectivity index (χ3n) is 1.45. The summed E-state index contributed by atoms with van der Waals surface area (Å²) < 4.78 is 13.7. The summed E-state index contributed by atoms with van der Waals surface area (Å²) in [6, 6.07) is 0. The van der Waals surface area contributed by atoms with E-state index in [1.807, 2.05) is 6.92 Å². The summed E-state index contributed by atoms with van der Waals surface area (Å²) in [4.78, 5) is 0. The molecule has 0 unspecified atom stereocenters. The highest BCUT2D eigenvalue weighted by Gasteiger charge is 2.08. The number of hydrogen-bond acceptors (Lipinski definition) is 0. The molecule has 0 bridgehead atoms. The van der Waals surface area contributed by atoms with Crippen molar-refractivity contribution in [2.75, 3.05) is 0 Å². The van der Waals surface area contributed by atoms with Gasteiger partial charge >= 0.3 is 0 Å². The van der Waals surface area contributed by atoms with Gasteiger partial charge in [-0.3, -0.25) is 0 Å². The lowest BCUT2D eigenvalue weighted by Gasteiger charge is -2.07. The van der Waals surface area contributed by atoms with Crippen molar-refractivity contribution in [1.29, 1.82) is 0 Å². The molecule has 0 N–H and O–H groups in total. The predicted octanol–water partition coefficient (Wildman–Crippen LogP) is 3.34. The van der Waals surface area contributed by atoms with E-state index >= 15 is 0 Å². The lowest BCUT2D eigenvalue weighted by atomic mass is 10.1. The first-order valence-electron chi connectivity index (χ1n) is 2.93. The van der Waals surface area contributed by atoms with Crippen LogP contribution in [0.3, 0.4) is 0 Å². The van der Waals surface area contributed by atoms with Crippen LogP contribution in [0, 0.1) is 0 Å². The molecule has 1 rings (SSSR count). The molecule has 0 heterocycles. The first-order chi connectivity index (χ1) is 4.22. The van der Waals surface area contributed by atoms with Crippen LogP contribution < -0.4 is 0 Å². The summed E-state index contributed by atoms with van der Waals surface area (Å²) >= 11 is 2.16. The van der Waals surface area contributed by atoms with E-state index in [-0.39, 0.29) is 5.83 Å². The van der Waals surface area contributed by atoms with E-state index in [9.17, 15) is 4.39 Å². The van der Waals surface area contributed by atoms with Crippen molar-refractivity contribution in [2.45, 2.75) is 19.8 Å². The second kappa shape index (κ2) is 2.82. The molecule has 0 radical (unpaired) electrons. The highest BCUT2D eigenvalue weighted by Crippen LogP contribution is 2.29. The smallest absolute Gasteiger partial charge is 0.104 e. The van der Waals surface area contributed by atoms with Gasteiger partial charge in [0, 0.05) is 10.0 Å². The number of rotatable bonds is 0. The average molecular weight is 238 g/mol. The van der Waals surface area contributed by atoms with Crippen LogP contribution >= 0.6 is 22.6 Å². The summed E-state index contributed by atoms with van der Waals surface area (Å²) in [7, 11) is 0. The summed E-state index contributed by atoms with van der Waals surface area (Å²) in [5.74, 6) is 0.0573. The van der Waals surface area contributed by atoms with Crippen molar-refractivity contribution >= 4 is 22.6 Å². The molecule has 0 aliphatic heterocycles. The molecule has 0 amide bonds. The SMILES string of the molecule is CC1=C(F)CCC=C1I. The number of hydrogen-bond donors (Lipinski definition) is 0. The van der Waals surface area contributed by atoms with Gasteiger partial charge in [-0.15, -0.1) is 0 Å². The topological polar surface area (TPSA) is 0 Å². The van der Waals surface area contributed by atoms with E-state index in [2.05, 4.69) is 28.7 Å². The highest BCUT2D eigenvalue weighted by molar-refractivity contribution is 14.1. The molecular formula is C7H8FI. The maximum atomic E-state index is 12.7. The minimum Gasteiger partial charge on any atom is -0.211 e. The Morgan fingerprint density at radius 2 is 2.33 bits per heavy atom. The van der Waals surface area contributed by atoms with Gasteiger partial charge in [-0.1, -0.05) is 6.08 Å². The van der Waals surface area contributed by atoms with Crippen molar-refractivity contribution in [3.63, 3.8) is 0 Å². The van der Waals surface area contributed by atoms with E-state index in [1.54, 1.807) is 0 Å². The van der Waals surface area contributed by atoms with Crippen molar-refractivity contribution in [1.82, 2.24) is 0 Å². The average Bonchev–Trinajstić information content (AvgIpc) is 1.83. The molecule has 0 aromatic heterocycles. The summed E-state index contributed by atoms with van der Waals surface area (Å²) in [5.41, 5.74) is 0.821. The normalized spacial score (nSPS) is 20.1. The molecule has 2 heteroatoms. The highest BCUT2D eigenvalue weighted by atomic mass is 127. The van der Waals surface area contributed by atoms with Crippen LogP contribution in [0.5, 0.6) is 0 Å². The predicted molar refractivity (Wildman–Crippen MR) is 45.1 cm³/mol. The van der Waals surface area contributed by atoms with E-state index < -0.39 is 0 Å². The van der Waals surface area contributed by atoms with Gasteiger partial charge in [0.1, 0.15) is 5.83 Å². The first kappa shape index (κ1) is 7.25. The fourth-order valence-corrected chi connectivity index (χ4v) is 1.40. The van der Waals surface area contributed by atoms with Crippen LogP contribution in [-0.4, -0.2) is 0 Å². The van der Waals surface area contributed by atoms with Crippen LogP contribution in [0.4, 0.5) is 4.39 Å². The summed E-state index contributed by atoms with van der Waals surface area (Å²) in [6.45, 7) is 1.83. The van der Waals surface area contributed by atoms with Gasteiger partial charge in [0.2, 0.25) is 0 Å². The Morgan fingerprint density at radius 1 is 1.67 bits per heavy atom. The van der Waals surface area contributed by atoms with Gasteiger partial charge < -0.3 is 0 Å². The van der Waals surface area contributed by atoms with Crippen LogP contribution in [0.2, 0.25) is 0 Å². The second-order valence-corrected chi connectivity index (χ2v) is 3.28. The maximum Gasteiger partial charge on any atom is 0.104 e. The zero-order valence-electron chi connectivity index (χ0n) is 5.25. The Morgan fingerprint density at radius 3 is 2.78 bits per heavy atom. The standard InChI is InChI=1S/C7H8FI/c1-5-6(8)3-2-4-7(5)9/h4H,2-3H2,1H3. The zero-order valence-corrected chi connectivity index (χ0v) is 7.40. The van der Waals surface area contributed by atoms with Crippen LogP contribution in [0.25, 0.3) is 0 Å². The molecule has 50 valence electrons. The second-order valence-electron chi connectivity index (χ2n) is 2.12. The van der Waals surface area contributed by atoms with Crippen LogP contribution in [0.1, 0.15) is 19.8 Å². The molecule has 0 saturated heterocycles.